The molecule has 0 radical (unpaired) electrons. The third kappa shape index (κ3) is 3.90. The monoisotopic (exact) mass is 297 g/mol. The molecule has 1 atom stereocenters. The minimum atomic E-state index is -2.82. The number of rotatable bonds is 2. The molecule has 0 saturated heterocycles. The van der Waals surface area contributed by atoms with Crippen molar-refractivity contribution in [2.45, 2.75) is 25.7 Å². The van der Waals surface area contributed by atoms with E-state index in [0.717, 1.165) is 0 Å². The average molecular weight is 297 g/mol. The zero-order valence-electron chi connectivity index (χ0n) is 12.3. The van der Waals surface area contributed by atoms with Crippen LogP contribution in [-0.4, -0.2) is 29.5 Å². The second-order valence-corrected chi connectivity index (χ2v) is 7.72. The quantitative estimate of drug-likeness (QED) is 0.786. The summed E-state index contributed by atoms with van der Waals surface area (Å²) in [4.78, 5) is 23.6. The predicted octanol–water partition coefficient (Wildman–Crippen LogP) is 2.50. The van der Waals surface area contributed by atoms with Crippen LogP contribution in [0.15, 0.2) is 33.5 Å². The molecule has 6 heteroatoms. The van der Waals surface area contributed by atoms with Gasteiger partial charge < -0.3 is 4.74 Å². The van der Waals surface area contributed by atoms with Crippen molar-refractivity contribution < 1.29 is 18.5 Å². The Kier molecular flexibility index (Phi) is 4.70. The lowest BCUT2D eigenvalue weighted by Crippen LogP contribution is -2.19. The highest BCUT2D eigenvalue weighted by atomic mass is 32.2. The largest absolute Gasteiger partial charge is 0.465 e. The zero-order chi connectivity index (χ0) is 15.6. The maximum absolute atomic E-state index is 12.5. The van der Waals surface area contributed by atoms with Crippen molar-refractivity contribution in [3.8, 4) is 0 Å². The van der Waals surface area contributed by atoms with E-state index < -0.39 is 27.0 Å². The maximum Gasteiger partial charge on any atom is 0.337 e. The molecule has 110 valence electrons. The van der Waals surface area contributed by atoms with Crippen LogP contribution in [-0.2, 0) is 19.3 Å². The molecule has 1 amide bonds. The summed E-state index contributed by atoms with van der Waals surface area (Å²) in [5.74, 6) is -0.885. The van der Waals surface area contributed by atoms with Crippen molar-refractivity contribution in [3.05, 3.63) is 29.8 Å². The molecule has 0 saturated carbocycles. The predicted molar refractivity (Wildman–Crippen MR) is 77.0 cm³/mol. The molecular weight excluding hydrogens is 278 g/mol. The van der Waals surface area contributed by atoms with Crippen LogP contribution in [0.5, 0.6) is 0 Å². The second-order valence-electron chi connectivity index (χ2n) is 5.46. The van der Waals surface area contributed by atoms with Crippen molar-refractivity contribution in [2.24, 2.45) is 9.78 Å². The first kappa shape index (κ1) is 16.4. The molecule has 0 heterocycles. The molecule has 5 nitrogen and oxygen atoms in total. The number of nitrogens with zero attached hydrogens (tertiary/aromatic N) is 1. The number of amides is 1. The van der Waals surface area contributed by atoms with Crippen LogP contribution in [0.3, 0.4) is 0 Å². The van der Waals surface area contributed by atoms with Crippen molar-refractivity contribution >= 4 is 21.6 Å². The van der Waals surface area contributed by atoms with Gasteiger partial charge >= 0.3 is 5.97 Å². The van der Waals surface area contributed by atoms with Gasteiger partial charge in [0, 0.05) is 16.6 Å². The highest BCUT2D eigenvalue weighted by Crippen LogP contribution is 2.19. The number of carbonyl (C=O) groups is 2. The van der Waals surface area contributed by atoms with Crippen LogP contribution in [0.4, 0.5) is 0 Å². The molecule has 0 aliphatic heterocycles. The first-order chi connectivity index (χ1) is 9.08. The molecule has 0 aliphatic rings. The van der Waals surface area contributed by atoms with Crippen LogP contribution in [0.1, 0.15) is 31.1 Å². The molecule has 0 aliphatic carbocycles. The maximum atomic E-state index is 12.5. The van der Waals surface area contributed by atoms with Crippen molar-refractivity contribution in [3.63, 3.8) is 0 Å². The number of hydrogen-bond donors (Lipinski definition) is 0. The van der Waals surface area contributed by atoms with Gasteiger partial charge in [0.2, 0.25) is 0 Å². The zero-order valence-corrected chi connectivity index (χ0v) is 13.1. The number of carbonyl (C=O) groups excluding carboxylic acids is 2. The van der Waals surface area contributed by atoms with Gasteiger partial charge in [-0.1, -0.05) is 20.8 Å². The number of ether oxygens (including phenoxy) is 1. The van der Waals surface area contributed by atoms with E-state index in [1.807, 2.05) is 0 Å². The van der Waals surface area contributed by atoms with Crippen molar-refractivity contribution in [1.29, 1.82) is 0 Å². The Balaban J connectivity index is 3.17. The van der Waals surface area contributed by atoms with Crippen LogP contribution < -0.4 is 0 Å². The van der Waals surface area contributed by atoms with E-state index in [9.17, 15) is 13.8 Å². The highest BCUT2D eigenvalue weighted by molar-refractivity contribution is 7.93. The fourth-order valence-electron chi connectivity index (χ4n) is 1.31. The van der Waals surface area contributed by atoms with Gasteiger partial charge in [-0.3, -0.25) is 4.79 Å². The lowest BCUT2D eigenvalue weighted by molar-refractivity contribution is -0.124. The fraction of sp³-hybridized carbons (Fsp3) is 0.429. The van der Waals surface area contributed by atoms with E-state index >= 15 is 0 Å². The molecule has 0 N–H and O–H groups in total. The summed E-state index contributed by atoms with van der Waals surface area (Å²) in [5, 5.41) is 0. The summed E-state index contributed by atoms with van der Waals surface area (Å²) < 4.78 is 20.9. The van der Waals surface area contributed by atoms with Gasteiger partial charge in [0.15, 0.2) is 0 Å². The summed E-state index contributed by atoms with van der Waals surface area (Å²) in [7, 11) is -1.53. The Morgan fingerprint density at radius 1 is 1.15 bits per heavy atom. The van der Waals surface area contributed by atoms with Gasteiger partial charge in [0.25, 0.3) is 5.91 Å². The van der Waals surface area contributed by atoms with E-state index in [-0.39, 0.29) is 0 Å². The molecule has 0 aromatic heterocycles. The van der Waals surface area contributed by atoms with E-state index in [4.69, 9.17) is 0 Å². The summed E-state index contributed by atoms with van der Waals surface area (Å²) in [6.45, 7) is 5.15. The van der Waals surface area contributed by atoms with Crippen molar-refractivity contribution in [2.75, 3.05) is 13.4 Å². The lowest BCUT2D eigenvalue weighted by Gasteiger charge is -2.13. The molecule has 1 rings (SSSR count). The smallest absolute Gasteiger partial charge is 0.337 e. The van der Waals surface area contributed by atoms with E-state index in [1.54, 1.807) is 20.8 Å². The molecule has 20 heavy (non-hydrogen) atoms. The molecule has 0 bridgehead atoms. The van der Waals surface area contributed by atoms with Gasteiger partial charge in [0.05, 0.1) is 22.4 Å². The van der Waals surface area contributed by atoms with Gasteiger partial charge in [-0.15, -0.1) is 0 Å². The third-order valence-corrected chi connectivity index (χ3v) is 4.27. The Morgan fingerprint density at radius 2 is 1.65 bits per heavy atom. The number of benzene rings is 1. The van der Waals surface area contributed by atoms with Gasteiger partial charge in [0.1, 0.15) is 0 Å². The highest BCUT2D eigenvalue weighted by Gasteiger charge is 2.23. The van der Waals surface area contributed by atoms with Crippen LogP contribution in [0, 0.1) is 5.41 Å². The standard InChI is InChI=1S/C14H19NO4S/c1-14(2,3)13(17)15-20(5,18)11-8-6-10(7-9-11)12(16)19-4/h6-9H,1-5H3. The summed E-state index contributed by atoms with van der Waals surface area (Å²) in [6, 6.07) is 6.05. The van der Waals surface area contributed by atoms with Crippen LogP contribution >= 0.6 is 0 Å². The summed E-state index contributed by atoms with van der Waals surface area (Å²) >= 11 is 0. The van der Waals surface area contributed by atoms with Crippen LogP contribution in [0.2, 0.25) is 0 Å². The van der Waals surface area contributed by atoms with E-state index in [2.05, 4.69) is 9.10 Å². The SMILES string of the molecule is COC(=O)c1ccc(S(C)(=O)=NC(=O)C(C)(C)C)cc1. The van der Waals surface area contributed by atoms with E-state index in [0.29, 0.717) is 10.5 Å². The topological polar surface area (TPSA) is 72.8 Å². The van der Waals surface area contributed by atoms with Gasteiger partial charge in [-0.05, 0) is 24.3 Å². The molecule has 1 unspecified atom stereocenters. The third-order valence-electron chi connectivity index (χ3n) is 2.61. The van der Waals surface area contributed by atoms with Crippen LogP contribution in [0.25, 0.3) is 0 Å². The van der Waals surface area contributed by atoms with E-state index in [1.165, 1.54) is 37.6 Å². The average Bonchev–Trinajstić information content (AvgIpc) is 2.36. The summed E-state index contributed by atoms with van der Waals surface area (Å²) in [6.07, 6.45) is 1.41. The fourth-order valence-corrected chi connectivity index (χ4v) is 2.65. The number of esters is 1. The van der Waals surface area contributed by atoms with Gasteiger partial charge in [-0.2, -0.15) is 4.36 Å². The molecule has 1 aromatic rings. The Labute approximate surface area is 119 Å². The number of hydrogen-bond acceptors (Lipinski definition) is 4. The Morgan fingerprint density at radius 3 is 2.05 bits per heavy atom. The molecule has 1 aromatic carbocycles. The van der Waals surface area contributed by atoms with Gasteiger partial charge in [-0.25, -0.2) is 9.00 Å². The molecule has 0 spiro atoms. The number of methoxy groups -OCH3 is 1. The summed E-state index contributed by atoms with van der Waals surface area (Å²) in [5.41, 5.74) is -0.321. The Hall–Kier alpha value is -1.69. The molecular formula is C14H19NO4S. The minimum absolute atomic E-state index is 0.355. The normalized spacial score (nSPS) is 14.2. The minimum Gasteiger partial charge on any atom is -0.465 e. The lowest BCUT2D eigenvalue weighted by atomic mass is 9.96. The first-order valence-electron chi connectivity index (χ1n) is 6.03. The van der Waals surface area contributed by atoms with Crippen molar-refractivity contribution in [1.82, 2.24) is 0 Å². The Bertz CT molecular complexity index is 632. The second kappa shape index (κ2) is 5.75. The first-order valence-corrected chi connectivity index (χ1v) is 7.95. The molecule has 0 fully saturated rings.